The van der Waals surface area contributed by atoms with Gasteiger partial charge >= 0.3 is 5.97 Å². The topological polar surface area (TPSA) is 60.5 Å². The number of methoxy groups -OCH3 is 1. The van der Waals surface area contributed by atoms with Crippen LogP contribution in [-0.4, -0.2) is 24.2 Å². The van der Waals surface area contributed by atoms with Crippen molar-refractivity contribution >= 4 is 16.7 Å². The van der Waals surface area contributed by atoms with Gasteiger partial charge in [-0.25, -0.2) is 4.39 Å². The zero-order valence-corrected chi connectivity index (χ0v) is 22.6. The maximum Gasteiger partial charge on any atom is 0.306 e. The molecule has 3 aromatic carbocycles. The molecule has 4 rings (SSSR count). The van der Waals surface area contributed by atoms with Crippen molar-refractivity contribution in [2.24, 2.45) is 0 Å². The Morgan fingerprint density at radius 1 is 0.947 bits per heavy atom. The van der Waals surface area contributed by atoms with Gasteiger partial charge < -0.3 is 14.8 Å². The van der Waals surface area contributed by atoms with Crippen LogP contribution >= 0.6 is 0 Å². The second-order valence-electron chi connectivity index (χ2n) is 9.85. The van der Waals surface area contributed by atoms with Crippen LogP contribution in [0.25, 0.3) is 22.0 Å². The number of hydrogen-bond acceptors (Lipinski definition) is 5. The third-order valence-corrected chi connectivity index (χ3v) is 6.58. The molecule has 0 amide bonds. The SMILES string of the molecule is COc1cccc([C@@H](C)NC(C)c2cc3ccccc3c(-c3ccc(F)c(CCC(=O)OC(C)C)c3)n2)c1. The van der Waals surface area contributed by atoms with Gasteiger partial charge in [-0.15, -0.1) is 0 Å². The second kappa shape index (κ2) is 12.2. The number of aromatic nitrogens is 1. The van der Waals surface area contributed by atoms with Gasteiger partial charge in [0, 0.05) is 29.5 Å². The number of nitrogens with one attached hydrogen (secondary N) is 1. The zero-order valence-electron chi connectivity index (χ0n) is 22.6. The fourth-order valence-corrected chi connectivity index (χ4v) is 4.60. The highest BCUT2D eigenvalue weighted by Crippen LogP contribution is 2.31. The number of carbonyl (C=O) groups excluding carboxylic acids is 1. The van der Waals surface area contributed by atoms with Crippen molar-refractivity contribution in [2.75, 3.05) is 7.11 Å². The summed E-state index contributed by atoms with van der Waals surface area (Å²) in [6, 6.07) is 23.2. The number of hydrogen-bond donors (Lipinski definition) is 1. The normalized spacial score (nSPS) is 12.9. The van der Waals surface area contributed by atoms with Gasteiger partial charge in [-0.3, -0.25) is 9.78 Å². The van der Waals surface area contributed by atoms with Crippen molar-refractivity contribution in [2.45, 2.75) is 58.7 Å². The van der Waals surface area contributed by atoms with Crippen LogP contribution in [-0.2, 0) is 16.0 Å². The minimum atomic E-state index is -0.339. The smallest absolute Gasteiger partial charge is 0.306 e. The molecule has 0 saturated carbocycles. The van der Waals surface area contributed by atoms with Crippen molar-refractivity contribution < 1.29 is 18.7 Å². The van der Waals surface area contributed by atoms with Crippen molar-refractivity contribution in [3.63, 3.8) is 0 Å². The summed E-state index contributed by atoms with van der Waals surface area (Å²) in [4.78, 5) is 17.1. The molecule has 0 aliphatic rings. The summed E-state index contributed by atoms with van der Waals surface area (Å²) in [6.45, 7) is 7.81. The second-order valence-corrected chi connectivity index (χ2v) is 9.85. The van der Waals surface area contributed by atoms with Gasteiger partial charge in [-0.05, 0) is 87.0 Å². The lowest BCUT2D eigenvalue weighted by molar-refractivity contribution is -0.147. The van der Waals surface area contributed by atoms with E-state index in [1.807, 2.05) is 36.4 Å². The van der Waals surface area contributed by atoms with Crippen LogP contribution in [0.5, 0.6) is 5.75 Å². The molecule has 0 saturated heterocycles. The number of esters is 1. The summed E-state index contributed by atoms with van der Waals surface area (Å²) in [5.41, 5.74) is 4.07. The van der Waals surface area contributed by atoms with Crippen molar-refractivity contribution in [3.8, 4) is 17.0 Å². The Labute approximate surface area is 224 Å². The minimum absolute atomic E-state index is 0.0507. The van der Waals surface area contributed by atoms with Crippen LogP contribution in [0, 0.1) is 5.82 Å². The van der Waals surface area contributed by atoms with Gasteiger partial charge in [0.1, 0.15) is 11.6 Å². The number of pyridine rings is 1. The molecule has 1 aromatic heterocycles. The number of ether oxygens (including phenoxy) is 2. The molecular formula is C32H35FN2O3. The Kier molecular flexibility index (Phi) is 8.74. The molecule has 1 heterocycles. The van der Waals surface area contributed by atoms with Gasteiger partial charge in [-0.1, -0.05) is 36.4 Å². The Morgan fingerprint density at radius 2 is 1.74 bits per heavy atom. The third kappa shape index (κ3) is 6.56. The van der Waals surface area contributed by atoms with Gasteiger partial charge in [-0.2, -0.15) is 0 Å². The largest absolute Gasteiger partial charge is 0.497 e. The molecule has 6 heteroatoms. The molecule has 0 spiro atoms. The number of rotatable bonds is 10. The molecule has 0 aliphatic heterocycles. The fraction of sp³-hybridized carbons (Fsp3) is 0.312. The molecule has 198 valence electrons. The lowest BCUT2D eigenvalue weighted by atomic mass is 9.98. The Hall–Kier alpha value is -3.77. The van der Waals surface area contributed by atoms with Crippen molar-refractivity contribution in [3.05, 3.63) is 95.4 Å². The van der Waals surface area contributed by atoms with E-state index in [4.69, 9.17) is 14.5 Å². The summed E-state index contributed by atoms with van der Waals surface area (Å²) in [7, 11) is 1.67. The van der Waals surface area contributed by atoms with E-state index >= 15 is 0 Å². The lowest BCUT2D eigenvalue weighted by Gasteiger charge is -2.22. The first kappa shape index (κ1) is 27.3. The quantitative estimate of drug-likeness (QED) is 0.224. The lowest BCUT2D eigenvalue weighted by Crippen LogP contribution is -2.23. The van der Waals surface area contributed by atoms with Crippen LogP contribution in [0.2, 0.25) is 0 Å². The number of carbonyl (C=O) groups is 1. The third-order valence-electron chi connectivity index (χ3n) is 6.58. The summed E-state index contributed by atoms with van der Waals surface area (Å²) in [5.74, 6) is 0.147. The maximum atomic E-state index is 14.7. The highest BCUT2D eigenvalue weighted by atomic mass is 19.1. The number of nitrogens with zero attached hydrogens (tertiary/aromatic N) is 1. The van der Waals surface area contributed by atoms with E-state index in [1.54, 1.807) is 33.1 Å². The molecule has 0 bridgehead atoms. The number of halogens is 1. The van der Waals surface area contributed by atoms with E-state index in [-0.39, 0.29) is 42.8 Å². The Morgan fingerprint density at radius 3 is 2.50 bits per heavy atom. The first-order chi connectivity index (χ1) is 18.2. The highest BCUT2D eigenvalue weighted by molar-refractivity contribution is 5.95. The first-order valence-corrected chi connectivity index (χ1v) is 13.0. The fourth-order valence-electron chi connectivity index (χ4n) is 4.60. The van der Waals surface area contributed by atoms with Crippen LogP contribution in [0.1, 0.15) is 63.0 Å². The molecular weight excluding hydrogens is 479 g/mol. The number of fused-ring (bicyclic) bond motifs is 1. The van der Waals surface area contributed by atoms with Crippen LogP contribution < -0.4 is 10.1 Å². The molecule has 0 fully saturated rings. The van der Waals surface area contributed by atoms with E-state index in [9.17, 15) is 9.18 Å². The molecule has 0 aliphatic carbocycles. The first-order valence-electron chi connectivity index (χ1n) is 13.0. The molecule has 0 radical (unpaired) electrons. The Balaban J connectivity index is 1.64. The molecule has 4 aromatic rings. The average molecular weight is 515 g/mol. The van der Waals surface area contributed by atoms with Gasteiger partial charge in [0.2, 0.25) is 0 Å². The van der Waals surface area contributed by atoms with E-state index in [2.05, 4.69) is 37.4 Å². The summed E-state index contributed by atoms with van der Waals surface area (Å²) >= 11 is 0. The number of benzene rings is 3. The number of aryl methyl sites for hydroxylation is 1. The van der Waals surface area contributed by atoms with Gasteiger partial charge in [0.05, 0.1) is 24.6 Å². The monoisotopic (exact) mass is 514 g/mol. The summed E-state index contributed by atoms with van der Waals surface area (Å²) in [6.07, 6.45) is 0.189. The van der Waals surface area contributed by atoms with Crippen LogP contribution in [0.15, 0.2) is 72.8 Å². The van der Waals surface area contributed by atoms with Crippen LogP contribution in [0.4, 0.5) is 4.39 Å². The minimum Gasteiger partial charge on any atom is -0.497 e. The molecule has 38 heavy (non-hydrogen) atoms. The average Bonchev–Trinajstić information content (AvgIpc) is 2.91. The highest BCUT2D eigenvalue weighted by Gasteiger charge is 2.17. The molecule has 1 N–H and O–H groups in total. The summed E-state index contributed by atoms with van der Waals surface area (Å²) in [5, 5.41) is 5.69. The Bertz CT molecular complexity index is 1420. The van der Waals surface area contributed by atoms with E-state index in [0.717, 1.165) is 39.0 Å². The predicted octanol–water partition coefficient (Wildman–Crippen LogP) is 7.35. The molecule has 2 atom stereocenters. The van der Waals surface area contributed by atoms with Crippen molar-refractivity contribution in [1.82, 2.24) is 10.3 Å². The predicted molar refractivity (Wildman–Crippen MR) is 150 cm³/mol. The molecule has 5 nitrogen and oxygen atoms in total. The van der Waals surface area contributed by atoms with Crippen molar-refractivity contribution in [1.29, 1.82) is 0 Å². The standard InChI is InChI=1S/C32H35FN2O3/c1-20(2)38-31(36)16-14-25-17-26(13-15-29(25)33)32-28-12-7-6-9-24(28)19-30(35-32)22(4)34-21(3)23-10-8-11-27(18-23)37-5/h6-13,15,17-22,34H,14,16H2,1-5H3/t21-,22?/m1/s1. The summed E-state index contributed by atoms with van der Waals surface area (Å²) < 4.78 is 25.3. The zero-order chi connectivity index (χ0) is 27.2. The van der Waals surface area contributed by atoms with Gasteiger partial charge in [0.25, 0.3) is 0 Å². The van der Waals surface area contributed by atoms with E-state index < -0.39 is 0 Å². The van der Waals surface area contributed by atoms with E-state index in [1.165, 1.54) is 6.07 Å². The van der Waals surface area contributed by atoms with Crippen LogP contribution in [0.3, 0.4) is 0 Å². The maximum absolute atomic E-state index is 14.7. The molecule has 1 unspecified atom stereocenters. The van der Waals surface area contributed by atoms with E-state index in [0.29, 0.717) is 5.56 Å². The van der Waals surface area contributed by atoms with Gasteiger partial charge in [0.15, 0.2) is 0 Å².